The molecule has 15 heavy (non-hydrogen) atoms. The highest BCUT2D eigenvalue weighted by Gasteiger charge is 2.06. The van der Waals surface area contributed by atoms with Crippen molar-refractivity contribution in [1.82, 2.24) is 15.0 Å². The fourth-order valence-electron chi connectivity index (χ4n) is 1.13. The summed E-state index contributed by atoms with van der Waals surface area (Å²) >= 11 is 1.51. The molecule has 0 aliphatic carbocycles. The minimum atomic E-state index is 0.583. The first-order valence-corrected chi connectivity index (χ1v) is 5.86. The van der Waals surface area contributed by atoms with Gasteiger partial charge in [-0.3, -0.25) is 0 Å². The van der Waals surface area contributed by atoms with Gasteiger partial charge in [0.25, 0.3) is 0 Å². The van der Waals surface area contributed by atoms with Crippen LogP contribution in [0.5, 0.6) is 0 Å². The summed E-state index contributed by atoms with van der Waals surface area (Å²) in [7, 11) is 0. The highest BCUT2D eigenvalue weighted by molar-refractivity contribution is 7.98. The summed E-state index contributed by atoms with van der Waals surface area (Å²) in [5.41, 5.74) is 1.76. The standard InChI is InChI=1S/C10H11N3OS/c1-3-8-6-14-9(13-8)7-4-11-10(15-2)12-5-7/h4-6H,3H2,1-2H3. The van der Waals surface area contributed by atoms with Crippen molar-refractivity contribution in [2.24, 2.45) is 0 Å². The van der Waals surface area contributed by atoms with Gasteiger partial charge in [-0.1, -0.05) is 18.7 Å². The second-order valence-corrected chi connectivity index (χ2v) is 3.73. The number of rotatable bonds is 3. The average Bonchev–Trinajstić information content (AvgIpc) is 2.78. The lowest BCUT2D eigenvalue weighted by Crippen LogP contribution is -1.87. The maximum Gasteiger partial charge on any atom is 0.229 e. The van der Waals surface area contributed by atoms with E-state index in [-0.39, 0.29) is 0 Å². The van der Waals surface area contributed by atoms with Gasteiger partial charge in [-0.05, 0) is 12.7 Å². The minimum Gasteiger partial charge on any atom is -0.444 e. The maximum atomic E-state index is 5.32. The molecular formula is C10H11N3OS. The molecule has 0 N–H and O–H groups in total. The topological polar surface area (TPSA) is 51.8 Å². The molecule has 2 aromatic heterocycles. The van der Waals surface area contributed by atoms with Gasteiger partial charge in [0.15, 0.2) is 5.16 Å². The van der Waals surface area contributed by atoms with Crippen molar-refractivity contribution in [3.63, 3.8) is 0 Å². The van der Waals surface area contributed by atoms with Crippen molar-refractivity contribution >= 4 is 11.8 Å². The number of aromatic nitrogens is 3. The first kappa shape index (κ1) is 10.2. The summed E-state index contributed by atoms with van der Waals surface area (Å²) < 4.78 is 5.32. The molecule has 0 aromatic carbocycles. The van der Waals surface area contributed by atoms with E-state index in [2.05, 4.69) is 15.0 Å². The zero-order valence-electron chi connectivity index (χ0n) is 8.60. The van der Waals surface area contributed by atoms with E-state index in [1.54, 1.807) is 18.7 Å². The molecule has 0 saturated heterocycles. The first-order valence-electron chi connectivity index (χ1n) is 4.64. The van der Waals surface area contributed by atoms with E-state index in [9.17, 15) is 0 Å². The van der Waals surface area contributed by atoms with Crippen LogP contribution in [0.2, 0.25) is 0 Å². The van der Waals surface area contributed by atoms with Gasteiger partial charge in [0.05, 0.1) is 11.3 Å². The molecule has 0 aliphatic heterocycles. The average molecular weight is 221 g/mol. The van der Waals surface area contributed by atoms with Gasteiger partial charge < -0.3 is 4.42 Å². The van der Waals surface area contributed by atoms with Crippen LogP contribution in [0.15, 0.2) is 28.2 Å². The lowest BCUT2D eigenvalue weighted by Gasteiger charge is -1.95. The number of thioether (sulfide) groups is 1. The molecule has 0 atom stereocenters. The van der Waals surface area contributed by atoms with Crippen molar-refractivity contribution in [1.29, 1.82) is 0 Å². The molecule has 5 heteroatoms. The maximum absolute atomic E-state index is 5.32. The van der Waals surface area contributed by atoms with Crippen LogP contribution in [0, 0.1) is 0 Å². The van der Waals surface area contributed by atoms with Gasteiger partial charge in [0.1, 0.15) is 6.26 Å². The molecule has 2 heterocycles. The monoisotopic (exact) mass is 221 g/mol. The SMILES string of the molecule is CCc1coc(-c2cnc(SC)nc2)n1. The molecule has 0 fully saturated rings. The van der Waals surface area contributed by atoms with Crippen molar-refractivity contribution in [3.8, 4) is 11.5 Å². The van der Waals surface area contributed by atoms with E-state index in [1.165, 1.54) is 11.8 Å². The molecule has 0 spiro atoms. The van der Waals surface area contributed by atoms with E-state index < -0.39 is 0 Å². The smallest absolute Gasteiger partial charge is 0.229 e. The van der Waals surface area contributed by atoms with Gasteiger partial charge in [0.2, 0.25) is 5.89 Å². The second-order valence-electron chi connectivity index (χ2n) is 2.96. The van der Waals surface area contributed by atoms with Gasteiger partial charge in [-0.2, -0.15) is 0 Å². The number of oxazole rings is 1. The largest absolute Gasteiger partial charge is 0.444 e. The first-order chi connectivity index (χ1) is 7.33. The Labute approximate surface area is 92.2 Å². The van der Waals surface area contributed by atoms with E-state index >= 15 is 0 Å². The predicted molar refractivity (Wildman–Crippen MR) is 58.7 cm³/mol. The predicted octanol–water partition coefficient (Wildman–Crippen LogP) is 2.42. The van der Waals surface area contributed by atoms with E-state index in [1.807, 2.05) is 13.2 Å². The third-order valence-corrected chi connectivity index (χ3v) is 2.55. The minimum absolute atomic E-state index is 0.583. The van der Waals surface area contributed by atoms with Gasteiger partial charge in [0, 0.05) is 12.4 Å². The van der Waals surface area contributed by atoms with Crippen molar-refractivity contribution in [2.75, 3.05) is 6.26 Å². The van der Waals surface area contributed by atoms with Crippen LogP contribution < -0.4 is 0 Å². The molecule has 2 aromatic rings. The zero-order chi connectivity index (χ0) is 10.7. The summed E-state index contributed by atoms with van der Waals surface area (Å²) in [4.78, 5) is 12.6. The van der Waals surface area contributed by atoms with Crippen LogP contribution in [0.1, 0.15) is 12.6 Å². The highest BCUT2D eigenvalue weighted by atomic mass is 32.2. The highest BCUT2D eigenvalue weighted by Crippen LogP contribution is 2.18. The molecular weight excluding hydrogens is 210 g/mol. The quantitative estimate of drug-likeness (QED) is 0.588. The van der Waals surface area contributed by atoms with Crippen molar-refractivity contribution in [2.45, 2.75) is 18.5 Å². The number of nitrogens with zero attached hydrogens (tertiary/aromatic N) is 3. The summed E-state index contributed by atoms with van der Waals surface area (Å²) in [5.74, 6) is 0.583. The fraction of sp³-hybridized carbons (Fsp3) is 0.300. The lowest BCUT2D eigenvalue weighted by atomic mass is 10.3. The van der Waals surface area contributed by atoms with Crippen LogP contribution in [-0.4, -0.2) is 21.2 Å². The summed E-state index contributed by atoms with van der Waals surface area (Å²) in [6.07, 6.45) is 7.93. The molecule has 0 bridgehead atoms. The molecule has 78 valence electrons. The normalized spacial score (nSPS) is 10.5. The molecule has 4 nitrogen and oxygen atoms in total. The van der Waals surface area contributed by atoms with Gasteiger partial charge >= 0.3 is 0 Å². The molecule has 0 unspecified atom stereocenters. The third-order valence-electron chi connectivity index (χ3n) is 1.97. The van der Waals surface area contributed by atoms with Gasteiger partial charge in [-0.25, -0.2) is 15.0 Å². The van der Waals surface area contributed by atoms with Crippen molar-refractivity contribution < 1.29 is 4.42 Å². The molecule has 2 rings (SSSR count). The van der Waals surface area contributed by atoms with Crippen LogP contribution >= 0.6 is 11.8 Å². The van der Waals surface area contributed by atoms with Crippen molar-refractivity contribution in [3.05, 3.63) is 24.4 Å². The number of aryl methyl sites for hydroxylation is 1. The lowest BCUT2D eigenvalue weighted by molar-refractivity contribution is 0.572. The van der Waals surface area contributed by atoms with E-state index in [0.717, 1.165) is 22.8 Å². The summed E-state index contributed by atoms with van der Waals surface area (Å²) in [6.45, 7) is 2.04. The van der Waals surface area contributed by atoms with Crippen LogP contribution in [-0.2, 0) is 6.42 Å². The fourth-order valence-corrected chi connectivity index (χ4v) is 1.45. The number of hydrogen-bond donors (Lipinski definition) is 0. The number of hydrogen-bond acceptors (Lipinski definition) is 5. The van der Waals surface area contributed by atoms with Crippen LogP contribution in [0.25, 0.3) is 11.5 Å². The van der Waals surface area contributed by atoms with E-state index in [0.29, 0.717) is 5.89 Å². The van der Waals surface area contributed by atoms with E-state index in [4.69, 9.17) is 4.42 Å². The Balaban J connectivity index is 2.28. The summed E-state index contributed by atoms with van der Waals surface area (Å²) in [6, 6.07) is 0. The Morgan fingerprint density at radius 2 is 2.07 bits per heavy atom. The second kappa shape index (κ2) is 4.44. The van der Waals surface area contributed by atoms with Crippen LogP contribution in [0.3, 0.4) is 0 Å². The third kappa shape index (κ3) is 2.18. The Morgan fingerprint density at radius 3 is 2.60 bits per heavy atom. The Kier molecular flexibility index (Phi) is 3.01. The molecule has 0 amide bonds. The molecule has 0 radical (unpaired) electrons. The Morgan fingerprint density at radius 1 is 1.33 bits per heavy atom. The Bertz CT molecular complexity index is 438. The van der Waals surface area contributed by atoms with Crippen LogP contribution in [0.4, 0.5) is 0 Å². The summed E-state index contributed by atoms with van der Waals surface area (Å²) in [5, 5.41) is 0.751. The van der Waals surface area contributed by atoms with Gasteiger partial charge in [-0.15, -0.1) is 0 Å². The molecule has 0 aliphatic rings. The Hall–Kier alpha value is -1.36. The molecule has 0 saturated carbocycles. The zero-order valence-corrected chi connectivity index (χ0v) is 9.41.